The van der Waals surface area contributed by atoms with Crippen LogP contribution in [0.25, 0.3) is 0 Å². The summed E-state index contributed by atoms with van der Waals surface area (Å²) >= 11 is 0. The quantitative estimate of drug-likeness (QED) is 0.835. The second-order valence-corrected chi connectivity index (χ2v) is 8.71. The standard InChI is InChI=1S/C13H27N3O3S/c1-13(2,3)10-12(17)16-8-6-11(7-9-16)14-20(18,19)15(4)5/h11,14H,6-10H2,1-5H3. The zero-order valence-electron chi connectivity index (χ0n) is 13.1. The highest BCUT2D eigenvalue weighted by molar-refractivity contribution is 7.87. The van der Waals surface area contributed by atoms with E-state index in [-0.39, 0.29) is 17.4 Å². The highest BCUT2D eigenvalue weighted by atomic mass is 32.2. The molecule has 1 fully saturated rings. The van der Waals surface area contributed by atoms with Crippen molar-refractivity contribution in [3.63, 3.8) is 0 Å². The summed E-state index contributed by atoms with van der Waals surface area (Å²) in [5, 5.41) is 0. The van der Waals surface area contributed by atoms with Crippen LogP contribution in [0.2, 0.25) is 0 Å². The summed E-state index contributed by atoms with van der Waals surface area (Å²) in [5.41, 5.74) is -0.0134. The first-order valence-electron chi connectivity index (χ1n) is 6.99. The Morgan fingerprint density at radius 3 is 2.15 bits per heavy atom. The van der Waals surface area contributed by atoms with Gasteiger partial charge in [-0.1, -0.05) is 20.8 Å². The van der Waals surface area contributed by atoms with Gasteiger partial charge in [0.1, 0.15) is 0 Å². The molecule has 118 valence electrons. The van der Waals surface area contributed by atoms with Crippen LogP contribution >= 0.6 is 0 Å². The van der Waals surface area contributed by atoms with Gasteiger partial charge in [0.05, 0.1) is 0 Å². The molecule has 0 aromatic heterocycles. The van der Waals surface area contributed by atoms with E-state index in [1.807, 2.05) is 25.7 Å². The van der Waals surface area contributed by atoms with E-state index in [4.69, 9.17) is 0 Å². The van der Waals surface area contributed by atoms with Gasteiger partial charge in [-0.3, -0.25) is 4.79 Å². The van der Waals surface area contributed by atoms with Gasteiger partial charge in [0, 0.05) is 39.6 Å². The minimum absolute atomic E-state index is 0.0134. The predicted octanol–water partition coefficient (Wildman–Crippen LogP) is 0.810. The van der Waals surface area contributed by atoms with E-state index < -0.39 is 10.2 Å². The molecule has 0 aliphatic carbocycles. The molecule has 1 saturated heterocycles. The molecule has 1 N–H and O–H groups in total. The molecule has 1 aliphatic rings. The number of nitrogens with zero attached hydrogens (tertiary/aromatic N) is 2. The van der Waals surface area contributed by atoms with Gasteiger partial charge >= 0.3 is 0 Å². The van der Waals surface area contributed by atoms with Gasteiger partial charge in [0.25, 0.3) is 10.2 Å². The van der Waals surface area contributed by atoms with E-state index in [2.05, 4.69) is 4.72 Å². The number of hydrogen-bond acceptors (Lipinski definition) is 3. The highest BCUT2D eigenvalue weighted by Crippen LogP contribution is 2.21. The third kappa shape index (κ3) is 5.38. The van der Waals surface area contributed by atoms with Crippen LogP contribution in [-0.2, 0) is 15.0 Å². The van der Waals surface area contributed by atoms with Crippen molar-refractivity contribution in [2.75, 3.05) is 27.2 Å². The Labute approximate surface area is 122 Å². The molecule has 1 heterocycles. The Hall–Kier alpha value is -0.660. The van der Waals surface area contributed by atoms with Crippen molar-refractivity contribution in [2.45, 2.75) is 46.1 Å². The molecule has 0 aromatic carbocycles. The molecule has 6 nitrogen and oxygen atoms in total. The van der Waals surface area contributed by atoms with E-state index in [9.17, 15) is 13.2 Å². The Morgan fingerprint density at radius 1 is 1.25 bits per heavy atom. The van der Waals surface area contributed by atoms with E-state index in [0.29, 0.717) is 32.4 Å². The first-order valence-corrected chi connectivity index (χ1v) is 8.43. The number of carbonyl (C=O) groups is 1. The molecule has 1 rings (SSSR count). The van der Waals surface area contributed by atoms with Crippen molar-refractivity contribution in [3.8, 4) is 0 Å². The second kappa shape index (κ2) is 6.41. The van der Waals surface area contributed by atoms with Crippen LogP contribution in [0.1, 0.15) is 40.0 Å². The van der Waals surface area contributed by atoms with Crippen molar-refractivity contribution < 1.29 is 13.2 Å². The number of nitrogens with one attached hydrogen (secondary N) is 1. The van der Waals surface area contributed by atoms with Crippen LogP contribution in [0.5, 0.6) is 0 Å². The van der Waals surface area contributed by atoms with E-state index in [1.165, 1.54) is 18.4 Å². The van der Waals surface area contributed by atoms with Crippen molar-refractivity contribution >= 4 is 16.1 Å². The molecule has 7 heteroatoms. The molecule has 0 unspecified atom stereocenters. The third-order valence-electron chi connectivity index (χ3n) is 3.33. The van der Waals surface area contributed by atoms with Gasteiger partial charge < -0.3 is 4.90 Å². The van der Waals surface area contributed by atoms with E-state index in [0.717, 1.165) is 0 Å². The first kappa shape index (κ1) is 17.4. The second-order valence-electron chi connectivity index (χ2n) is 6.80. The smallest absolute Gasteiger partial charge is 0.279 e. The lowest BCUT2D eigenvalue weighted by Gasteiger charge is -2.34. The zero-order chi connectivity index (χ0) is 15.6. The van der Waals surface area contributed by atoms with Gasteiger partial charge in [-0.2, -0.15) is 17.4 Å². The van der Waals surface area contributed by atoms with E-state index >= 15 is 0 Å². The Kier molecular flexibility index (Phi) is 5.57. The molecular formula is C13H27N3O3S. The van der Waals surface area contributed by atoms with Crippen LogP contribution in [0.3, 0.4) is 0 Å². The average molecular weight is 305 g/mol. The SMILES string of the molecule is CN(C)S(=O)(=O)NC1CCN(C(=O)CC(C)(C)C)CC1. The van der Waals surface area contributed by atoms with Crippen LogP contribution in [-0.4, -0.2) is 56.8 Å². The molecule has 0 atom stereocenters. The maximum atomic E-state index is 12.1. The number of rotatable bonds is 4. The molecule has 0 radical (unpaired) electrons. The molecule has 1 aliphatic heterocycles. The highest BCUT2D eigenvalue weighted by Gasteiger charge is 2.28. The van der Waals surface area contributed by atoms with Crippen LogP contribution < -0.4 is 4.72 Å². The third-order valence-corrected chi connectivity index (χ3v) is 4.92. The lowest BCUT2D eigenvalue weighted by molar-refractivity contribution is -0.134. The average Bonchev–Trinajstić information content (AvgIpc) is 2.26. The molecule has 20 heavy (non-hydrogen) atoms. The van der Waals surface area contributed by atoms with Crippen molar-refractivity contribution in [2.24, 2.45) is 5.41 Å². The lowest BCUT2D eigenvalue weighted by Crippen LogP contribution is -2.49. The maximum absolute atomic E-state index is 12.1. The summed E-state index contributed by atoms with van der Waals surface area (Å²) in [6, 6.07) is -0.0823. The van der Waals surface area contributed by atoms with Crippen LogP contribution in [0, 0.1) is 5.41 Å². The zero-order valence-corrected chi connectivity index (χ0v) is 14.0. The lowest BCUT2D eigenvalue weighted by atomic mass is 9.91. The van der Waals surface area contributed by atoms with Gasteiger partial charge in [0.15, 0.2) is 0 Å². The van der Waals surface area contributed by atoms with E-state index in [1.54, 1.807) is 0 Å². The number of piperidine rings is 1. The minimum atomic E-state index is -3.38. The normalized spacial score (nSPS) is 18.6. The van der Waals surface area contributed by atoms with Crippen LogP contribution in [0.4, 0.5) is 0 Å². The van der Waals surface area contributed by atoms with Crippen LogP contribution in [0.15, 0.2) is 0 Å². The maximum Gasteiger partial charge on any atom is 0.279 e. The number of hydrogen-bond donors (Lipinski definition) is 1. The predicted molar refractivity (Wildman–Crippen MR) is 79.4 cm³/mol. The van der Waals surface area contributed by atoms with Crippen molar-refractivity contribution in [3.05, 3.63) is 0 Å². The first-order chi connectivity index (χ1) is 9.01. The summed E-state index contributed by atoms with van der Waals surface area (Å²) in [7, 11) is -0.376. The fourth-order valence-electron chi connectivity index (χ4n) is 2.13. The van der Waals surface area contributed by atoms with Crippen molar-refractivity contribution in [1.29, 1.82) is 0 Å². The molecule has 0 bridgehead atoms. The largest absolute Gasteiger partial charge is 0.343 e. The summed E-state index contributed by atoms with van der Waals surface area (Å²) in [4.78, 5) is 13.9. The summed E-state index contributed by atoms with van der Waals surface area (Å²) in [5.74, 6) is 0.159. The minimum Gasteiger partial charge on any atom is -0.343 e. The topological polar surface area (TPSA) is 69.7 Å². The fraction of sp³-hybridized carbons (Fsp3) is 0.923. The summed E-state index contributed by atoms with van der Waals surface area (Å²) in [6.07, 6.45) is 1.87. The Balaban J connectivity index is 2.46. The summed E-state index contributed by atoms with van der Waals surface area (Å²) in [6.45, 7) is 7.37. The molecule has 0 saturated carbocycles. The van der Waals surface area contributed by atoms with Gasteiger partial charge in [-0.05, 0) is 18.3 Å². The van der Waals surface area contributed by atoms with Gasteiger partial charge in [-0.25, -0.2) is 0 Å². The number of carbonyl (C=O) groups excluding carboxylic acids is 1. The number of amides is 1. The fourth-order valence-corrected chi connectivity index (χ4v) is 3.00. The number of likely N-dealkylation sites (tertiary alicyclic amines) is 1. The van der Waals surface area contributed by atoms with Crippen molar-refractivity contribution in [1.82, 2.24) is 13.9 Å². The molecule has 0 aromatic rings. The summed E-state index contributed by atoms with van der Waals surface area (Å²) < 4.78 is 27.3. The monoisotopic (exact) mass is 305 g/mol. The molecular weight excluding hydrogens is 278 g/mol. The Bertz CT molecular complexity index is 432. The van der Waals surface area contributed by atoms with Gasteiger partial charge in [-0.15, -0.1) is 0 Å². The molecule has 0 spiro atoms. The van der Waals surface area contributed by atoms with Gasteiger partial charge in [0.2, 0.25) is 5.91 Å². The molecule has 1 amide bonds. The Morgan fingerprint density at radius 2 is 1.75 bits per heavy atom.